The van der Waals surface area contributed by atoms with E-state index in [1.165, 1.54) is 0 Å². The summed E-state index contributed by atoms with van der Waals surface area (Å²) in [5.74, 6) is 0. The smallest absolute Gasteiger partial charge is 0.410 e. The molecule has 0 radical (unpaired) electrons. The zero-order valence-corrected chi connectivity index (χ0v) is 7.27. The number of hydrogen-bond donors (Lipinski definition) is 0. The number of carbonyl (C=O) groups excluding carboxylic acids is 1. The van der Waals surface area contributed by atoms with Crippen molar-refractivity contribution in [3.8, 4) is 0 Å². The highest BCUT2D eigenvalue weighted by atomic mass is 28.1. The Morgan fingerprint density at radius 2 is 1.93 bits per heavy atom. The van der Waals surface area contributed by atoms with Gasteiger partial charge in [-0.3, -0.25) is 0 Å². The monoisotopic (exact) mass is 209 g/mol. The minimum Gasteiger partial charge on any atom is -0.445 e. The summed E-state index contributed by atoms with van der Waals surface area (Å²) in [5, 5.41) is 0. The summed E-state index contributed by atoms with van der Waals surface area (Å²) < 4.78 is 5.04. The number of nitrogens with zero attached hydrogens (tertiary/aromatic N) is 1. The quantitative estimate of drug-likeness (QED) is 0.514. The van der Waals surface area contributed by atoms with Gasteiger partial charge >= 0.3 is 6.09 Å². The predicted octanol–water partition coefficient (Wildman–Crippen LogP) is 0.187. The summed E-state index contributed by atoms with van der Waals surface area (Å²) in [4.78, 5) is 12.7. The molecule has 1 aliphatic heterocycles. The fourth-order valence-corrected chi connectivity index (χ4v) is 1.04. The van der Waals surface area contributed by atoms with Crippen LogP contribution in [0.3, 0.4) is 0 Å². The highest BCUT2D eigenvalue weighted by molar-refractivity contribution is 5.75. The first-order chi connectivity index (χ1) is 6.36. The molecule has 4 heteroatoms. The fourth-order valence-electron chi connectivity index (χ4n) is 1.04. The second-order valence-corrected chi connectivity index (χ2v) is 3.03. The van der Waals surface area contributed by atoms with E-state index in [0.717, 1.165) is 18.7 Å². The molecule has 0 aromatic heterocycles. The van der Waals surface area contributed by atoms with E-state index in [2.05, 4.69) is 0 Å². The normalized spacial score (nSPS) is 13.0. The molecular formula is C10H15NO2Si. The van der Waals surface area contributed by atoms with Crippen LogP contribution in [0.4, 0.5) is 4.79 Å². The van der Waals surface area contributed by atoms with E-state index in [1.807, 2.05) is 30.3 Å². The highest BCUT2D eigenvalue weighted by Crippen LogP contribution is 2.08. The molecule has 1 amide bonds. The van der Waals surface area contributed by atoms with E-state index >= 15 is 0 Å². The summed E-state index contributed by atoms with van der Waals surface area (Å²) >= 11 is 0. The zero-order valence-electron chi connectivity index (χ0n) is 7.27. The van der Waals surface area contributed by atoms with E-state index in [0.29, 0.717) is 6.61 Å². The Kier molecular flexibility index (Phi) is 3.70. The number of amides is 1. The van der Waals surface area contributed by atoms with Gasteiger partial charge in [-0.05, 0) is 16.5 Å². The summed E-state index contributed by atoms with van der Waals surface area (Å²) in [6.45, 7) is 2.05. The Bertz CT molecular complexity index is 298. The van der Waals surface area contributed by atoms with Crippen molar-refractivity contribution in [2.24, 2.45) is 0 Å². The Morgan fingerprint density at radius 1 is 1.29 bits per heavy atom. The minimum absolute atomic E-state index is 0. The first-order valence-corrected chi connectivity index (χ1v) is 4.32. The zero-order chi connectivity index (χ0) is 9.10. The van der Waals surface area contributed by atoms with E-state index in [4.69, 9.17) is 4.74 Å². The lowest BCUT2D eigenvalue weighted by Gasteiger charge is -2.04. The minimum atomic E-state index is -0.205. The Labute approximate surface area is 87.7 Å². The van der Waals surface area contributed by atoms with Gasteiger partial charge in [0.1, 0.15) is 6.61 Å². The maximum Gasteiger partial charge on any atom is 0.410 e. The third-order valence-corrected chi connectivity index (χ3v) is 1.91. The molecule has 0 aliphatic carbocycles. The van der Waals surface area contributed by atoms with Gasteiger partial charge in [-0.15, -0.1) is 0 Å². The van der Waals surface area contributed by atoms with Crippen molar-refractivity contribution in [1.29, 1.82) is 0 Å². The fraction of sp³-hybridized carbons (Fsp3) is 0.300. The molecular weight excluding hydrogens is 194 g/mol. The van der Waals surface area contributed by atoms with Crippen molar-refractivity contribution < 1.29 is 9.53 Å². The summed E-state index contributed by atoms with van der Waals surface area (Å²) in [6.07, 6.45) is -0.205. The van der Waals surface area contributed by atoms with Crippen LogP contribution < -0.4 is 0 Å². The molecule has 76 valence electrons. The molecule has 3 nitrogen and oxygen atoms in total. The van der Waals surface area contributed by atoms with Gasteiger partial charge in [0.15, 0.2) is 0 Å². The van der Waals surface area contributed by atoms with Gasteiger partial charge in [-0.25, -0.2) is 4.79 Å². The van der Waals surface area contributed by atoms with Crippen LogP contribution in [0.25, 0.3) is 0 Å². The molecule has 0 unspecified atom stereocenters. The largest absolute Gasteiger partial charge is 0.445 e. The summed E-state index contributed by atoms with van der Waals surface area (Å²) in [7, 11) is 0. The van der Waals surface area contributed by atoms with Gasteiger partial charge in [-0.1, -0.05) is 30.3 Å². The van der Waals surface area contributed by atoms with E-state index in [9.17, 15) is 4.79 Å². The second-order valence-electron chi connectivity index (χ2n) is 3.03. The molecule has 0 spiro atoms. The number of ether oxygens (including phenoxy) is 1. The molecule has 0 N–H and O–H groups in total. The molecule has 1 aromatic carbocycles. The molecule has 1 heterocycles. The molecule has 14 heavy (non-hydrogen) atoms. The van der Waals surface area contributed by atoms with Crippen molar-refractivity contribution in [1.82, 2.24) is 4.90 Å². The van der Waals surface area contributed by atoms with Crippen LogP contribution in [0.5, 0.6) is 0 Å². The standard InChI is InChI=1S/C10H11NO2.H4Si/c12-10(11-6-7-11)13-8-9-4-2-1-3-5-9;/h1-5H,6-8H2;1H4. The maximum atomic E-state index is 11.1. The molecule has 1 aliphatic rings. The topological polar surface area (TPSA) is 29.3 Å². The van der Waals surface area contributed by atoms with Crippen LogP contribution in [0.1, 0.15) is 5.56 Å². The number of rotatable bonds is 2. The summed E-state index contributed by atoms with van der Waals surface area (Å²) in [6, 6.07) is 9.68. The van der Waals surface area contributed by atoms with E-state index < -0.39 is 0 Å². The molecule has 0 atom stereocenters. The number of carbonyl (C=O) groups is 1. The molecule has 2 rings (SSSR count). The Morgan fingerprint density at radius 3 is 2.50 bits per heavy atom. The van der Waals surface area contributed by atoms with Gasteiger partial charge in [0.2, 0.25) is 0 Å². The third kappa shape index (κ3) is 2.88. The Hall–Kier alpha value is -1.29. The van der Waals surface area contributed by atoms with E-state index in [1.54, 1.807) is 4.90 Å². The first kappa shape index (κ1) is 10.8. The van der Waals surface area contributed by atoms with Gasteiger partial charge in [0.25, 0.3) is 0 Å². The van der Waals surface area contributed by atoms with Crippen LogP contribution in [0, 0.1) is 0 Å². The lowest BCUT2D eigenvalue weighted by Crippen LogP contribution is -2.12. The highest BCUT2D eigenvalue weighted by Gasteiger charge is 2.25. The molecule has 0 saturated carbocycles. The third-order valence-electron chi connectivity index (χ3n) is 1.91. The second kappa shape index (κ2) is 4.81. The van der Waals surface area contributed by atoms with Crippen molar-refractivity contribution >= 4 is 17.1 Å². The first-order valence-electron chi connectivity index (χ1n) is 4.32. The van der Waals surface area contributed by atoms with Crippen molar-refractivity contribution in [2.45, 2.75) is 6.61 Å². The van der Waals surface area contributed by atoms with Crippen molar-refractivity contribution in [3.63, 3.8) is 0 Å². The van der Waals surface area contributed by atoms with Crippen LogP contribution in [-0.4, -0.2) is 35.0 Å². The van der Waals surface area contributed by atoms with Crippen molar-refractivity contribution in [2.75, 3.05) is 13.1 Å². The predicted molar refractivity (Wildman–Crippen MR) is 59.5 cm³/mol. The van der Waals surface area contributed by atoms with Gasteiger partial charge in [0.05, 0.1) is 0 Å². The maximum absolute atomic E-state index is 11.1. The van der Waals surface area contributed by atoms with Crippen LogP contribution in [-0.2, 0) is 11.3 Å². The van der Waals surface area contributed by atoms with Gasteiger partial charge in [-0.2, -0.15) is 0 Å². The average Bonchev–Trinajstić information content (AvgIpc) is 2.99. The van der Waals surface area contributed by atoms with E-state index in [-0.39, 0.29) is 17.1 Å². The molecule has 0 bridgehead atoms. The van der Waals surface area contributed by atoms with Crippen LogP contribution in [0.15, 0.2) is 30.3 Å². The van der Waals surface area contributed by atoms with Crippen molar-refractivity contribution in [3.05, 3.63) is 35.9 Å². The number of benzene rings is 1. The summed E-state index contributed by atoms with van der Waals surface area (Å²) in [5.41, 5.74) is 1.03. The van der Waals surface area contributed by atoms with Gasteiger partial charge < -0.3 is 9.64 Å². The lowest BCUT2D eigenvalue weighted by atomic mass is 10.2. The average molecular weight is 209 g/mol. The Balaban J connectivity index is 0.000000980. The SMILES string of the molecule is O=C(OCc1ccccc1)N1CC1.[SiH4]. The number of hydrogen-bond acceptors (Lipinski definition) is 2. The molecule has 1 saturated heterocycles. The van der Waals surface area contributed by atoms with Crippen LogP contribution >= 0.6 is 0 Å². The molecule has 1 aromatic rings. The lowest BCUT2D eigenvalue weighted by molar-refractivity contribution is 0.125. The van der Waals surface area contributed by atoms with Gasteiger partial charge in [0, 0.05) is 13.1 Å². The molecule has 1 fully saturated rings. The van der Waals surface area contributed by atoms with Crippen LogP contribution in [0.2, 0.25) is 0 Å².